The van der Waals surface area contributed by atoms with Gasteiger partial charge in [0, 0.05) is 32.5 Å². The summed E-state index contributed by atoms with van der Waals surface area (Å²) in [5.74, 6) is -0.466. The number of hydrogen-bond donors (Lipinski definition) is 1. The fourth-order valence-corrected chi connectivity index (χ4v) is 5.59. The molecule has 0 spiro atoms. The zero-order chi connectivity index (χ0) is 26.9. The van der Waals surface area contributed by atoms with Crippen molar-refractivity contribution in [3.8, 4) is 6.07 Å². The molecule has 36 heavy (non-hydrogen) atoms. The fraction of sp³-hybridized carbons (Fsp3) is 0.880. The van der Waals surface area contributed by atoms with Crippen LogP contribution < -0.4 is 5.32 Å². The van der Waals surface area contributed by atoms with E-state index in [1.54, 1.807) is 0 Å². The van der Waals surface area contributed by atoms with Gasteiger partial charge in [0.2, 0.25) is 5.91 Å². The van der Waals surface area contributed by atoms with Crippen LogP contribution in [0.25, 0.3) is 0 Å². The number of rotatable bonds is 18. The smallest absolute Gasteiger partial charge is 0.302 e. The Labute approximate surface area is 218 Å². The lowest BCUT2D eigenvalue weighted by Gasteiger charge is -2.36. The number of carbonyl (C=O) groups is 2. The van der Waals surface area contributed by atoms with Gasteiger partial charge in [0.1, 0.15) is 6.61 Å². The summed E-state index contributed by atoms with van der Waals surface area (Å²) in [6.45, 7) is 13.0. The predicted molar refractivity (Wildman–Crippen MR) is 138 cm³/mol. The lowest BCUT2D eigenvalue weighted by Crippen LogP contribution is -2.51. The summed E-state index contributed by atoms with van der Waals surface area (Å²) >= 11 is 0. The molecule has 0 aromatic carbocycles. The second-order valence-corrected chi connectivity index (χ2v) is 10.9. The number of ether oxygens (including phenoxy) is 3. The van der Waals surface area contributed by atoms with Crippen LogP contribution in [0.1, 0.15) is 86.5 Å². The first-order chi connectivity index (χ1) is 17.1. The Kier molecular flexibility index (Phi) is 17.1. The van der Waals surface area contributed by atoms with Crippen LogP contribution >= 0.6 is 8.53 Å². The van der Waals surface area contributed by atoms with Crippen molar-refractivity contribution in [1.82, 2.24) is 9.99 Å². The molecule has 4 atom stereocenters. The normalized spacial score (nSPS) is 20.9. The first-order valence-electron chi connectivity index (χ1n) is 13.0. The van der Waals surface area contributed by atoms with E-state index < -0.39 is 14.8 Å². The summed E-state index contributed by atoms with van der Waals surface area (Å²) in [5.41, 5.74) is 0. The first kappa shape index (κ1) is 32.7. The van der Waals surface area contributed by atoms with E-state index in [4.69, 9.17) is 28.5 Å². The molecule has 1 heterocycles. The average molecular weight is 532 g/mol. The number of carbonyl (C=O) groups excluding carboxylic acids is 2. The third-order valence-electron chi connectivity index (χ3n) is 5.50. The summed E-state index contributed by atoms with van der Waals surface area (Å²) in [6, 6.07) is 2.47. The van der Waals surface area contributed by atoms with Crippen molar-refractivity contribution in [3.05, 3.63) is 0 Å². The molecule has 0 radical (unpaired) electrons. The Hall–Kier alpha value is -1.34. The third kappa shape index (κ3) is 13.8. The minimum atomic E-state index is -1.20. The maximum absolute atomic E-state index is 11.5. The molecule has 1 aliphatic rings. The lowest BCUT2D eigenvalue weighted by atomic mass is 10.0. The molecule has 1 aliphatic heterocycles. The maximum Gasteiger partial charge on any atom is 0.302 e. The second-order valence-electron chi connectivity index (χ2n) is 9.48. The Morgan fingerprint density at radius 1 is 1.03 bits per heavy atom. The molecular weight excluding hydrogens is 485 g/mol. The van der Waals surface area contributed by atoms with E-state index in [1.807, 2.05) is 0 Å². The fourth-order valence-electron chi connectivity index (χ4n) is 3.96. The SMILES string of the molecule is CC(=O)N[C@@H]1CC[C@H](COC(C)=O)O[C@H]1OCCCCCCOP(OCCC#N)N(C(C)C)C(C)C. The number of nitriles is 1. The van der Waals surface area contributed by atoms with Crippen LogP contribution in [-0.2, 0) is 32.8 Å². The minimum absolute atomic E-state index is 0.124. The van der Waals surface area contributed by atoms with Gasteiger partial charge >= 0.3 is 5.97 Å². The number of unbranched alkanes of at least 4 members (excludes halogenated alkanes) is 3. The van der Waals surface area contributed by atoms with Crippen molar-refractivity contribution in [2.75, 3.05) is 26.4 Å². The number of hydrogen-bond acceptors (Lipinski definition) is 9. The topological polar surface area (TPSA) is 119 Å². The molecule has 1 rings (SSSR count). The van der Waals surface area contributed by atoms with Crippen molar-refractivity contribution in [2.45, 2.75) is 117 Å². The molecule has 0 aromatic heterocycles. The molecule has 0 aromatic rings. The Balaban J connectivity index is 2.37. The van der Waals surface area contributed by atoms with Crippen molar-refractivity contribution in [2.24, 2.45) is 0 Å². The maximum atomic E-state index is 11.5. The quantitative estimate of drug-likeness (QED) is 0.156. The van der Waals surface area contributed by atoms with Crippen molar-refractivity contribution in [3.63, 3.8) is 0 Å². The van der Waals surface area contributed by atoms with Gasteiger partial charge in [-0.1, -0.05) is 12.8 Å². The van der Waals surface area contributed by atoms with E-state index >= 15 is 0 Å². The molecule has 10 nitrogen and oxygen atoms in total. The van der Waals surface area contributed by atoms with Gasteiger partial charge in [-0.2, -0.15) is 5.26 Å². The van der Waals surface area contributed by atoms with Crippen LogP contribution in [0, 0.1) is 11.3 Å². The highest BCUT2D eigenvalue weighted by Crippen LogP contribution is 2.46. The zero-order valence-electron chi connectivity index (χ0n) is 22.9. The highest BCUT2D eigenvalue weighted by atomic mass is 31.2. The molecule has 1 fully saturated rings. The summed E-state index contributed by atoms with van der Waals surface area (Å²) < 4.78 is 31.2. The second kappa shape index (κ2) is 18.8. The van der Waals surface area contributed by atoms with Crippen molar-refractivity contribution >= 4 is 20.4 Å². The number of nitrogens with zero attached hydrogens (tertiary/aromatic N) is 2. The minimum Gasteiger partial charge on any atom is -0.463 e. The van der Waals surface area contributed by atoms with Crippen LogP contribution in [0.2, 0.25) is 0 Å². The molecule has 1 amide bonds. The Morgan fingerprint density at radius 2 is 1.67 bits per heavy atom. The van der Waals surface area contributed by atoms with Crippen LogP contribution in [0.3, 0.4) is 0 Å². The van der Waals surface area contributed by atoms with Crippen LogP contribution in [0.5, 0.6) is 0 Å². The monoisotopic (exact) mass is 531 g/mol. The van der Waals surface area contributed by atoms with E-state index in [-0.39, 0.29) is 42.7 Å². The molecule has 1 N–H and O–H groups in total. The van der Waals surface area contributed by atoms with Gasteiger partial charge in [-0.05, 0) is 53.4 Å². The number of esters is 1. The van der Waals surface area contributed by atoms with Gasteiger partial charge in [-0.25, -0.2) is 4.67 Å². The van der Waals surface area contributed by atoms with E-state index in [2.05, 4.69) is 43.8 Å². The first-order valence-corrected chi connectivity index (χ1v) is 14.2. The molecule has 0 bridgehead atoms. The Morgan fingerprint density at radius 3 is 2.25 bits per heavy atom. The summed E-state index contributed by atoms with van der Waals surface area (Å²) in [5, 5.41) is 11.7. The number of amides is 1. The van der Waals surface area contributed by atoms with Gasteiger partial charge in [0.15, 0.2) is 6.29 Å². The van der Waals surface area contributed by atoms with Crippen LogP contribution in [-0.4, -0.2) is 73.5 Å². The van der Waals surface area contributed by atoms with Gasteiger partial charge in [0.05, 0.1) is 37.8 Å². The van der Waals surface area contributed by atoms with Gasteiger partial charge < -0.3 is 28.6 Å². The molecule has 208 valence electrons. The molecule has 11 heteroatoms. The number of nitrogens with one attached hydrogen (secondary N) is 1. The molecule has 0 saturated carbocycles. The molecule has 1 saturated heterocycles. The standard InChI is InChI=1S/C25H46N3O7P/c1-19(2)28(20(3)4)36(34-17-11-14-26)33-16-10-8-7-9-15-31-25-24(27-21(5)29)13-12-23(35-25)18-32-22(6)30/h19-20,23-25H,7-13,15-18H2,1-6H3,(H,27,29)/t23-,24-,25-,36?/m1/s1. The Bertz CT molecular complexity index is 667. The molecule has 1 unspecified atom stereocenters. The van der Waals surface area contributed by atoms with Crippen molar-refractivity contribution in [1.29, 1.82) is 5.26 Å². The lowest BCUT2D eigenvalue weighted by molar-refractivity contribution is -0.217. The molecular formula is C25H46N3O7P. The van der Waals surface area contributed by atoms with Crippen LogP contribution in [0.4, 0.5) is 0 Å². The summed E-state index contributed by atoms with van der Waals surface area (Å²) in [4.78, 5) is 22.6. The van der Waals surface area contributed by atoms with E-state index in [0.717, 1.165) is 25.7 Å². The summed E-state index contributed by atoms with van der Waals surface area (Å²) in [7, 11) is -1.20. The van der Waals surface area contributed by atoms with Gasteiger partial charge in [0.25, 0.3) is 8.53 Å². The molecule has 0 aliphatic carbocycles. The van der Waals surface area contributed by atoms with Crippen LogP contribution in [0.15, 0.2) is 0 Å². The van der Waals surface area contributed by atoms with Gasteiger partial charge in [-0.15, -0.1) is 0 Å². The zero-order valence-corrected chi connectivity index (χ0v) is 23.8. The van der Waals surface area contributed by atoms with E-state index in [1.165, 1.54) is 13.8 Å². The summed E-state index contributed by atoms with van der Waals surface area (Å²) in [6.07, 6.45) is 4.68. The predicted octanol–water partition coefficient (Wildman–Crippen LogP) is 4.43. The van der Waals surface area contributed by atoms with Crippen molar-refractivity contribution < 1.29 is 32.8 Å². The third-order valence-corrected chi connectivity index (χ3v) is 7.61. The average Bonchev–Trinajstić information content (AvgIpc) is 2.79. The largest absolute Gasteiger partial charge is 0.463 e. The van der Waals surface area contributed by atoms with E-state index in [9.17, 15) is 9.59 Å². The van der Waals surface area contributed by atoms with E-state index in [0.29, 0.717) is 39.1 Å². The highest BCUT2D eigenvalue weighted by molar-refractivity contribution is 7.44. The highest BCUT2D eigenvalue weighted by Gasteiger charge is 2.33. The van der Waals surface area contributed by atoms with Gasteiger partial charge in [-0.3, -0.25) is 9.59 Å².